The summed E-state index contributed by atoms with van der Waals surface area (Å²) in [6.45, 7) is 5.62. The van der Waals surface area contributed by atoms with Crippen molar-refractivity contribution in [1.82, 2.24) is 5.32 Å². The number of rotatable bonds is 30. The molecule has 1 aliphatic rings. The Hall–Kier alpha value is -3.80. The first-order valence-corrected chi connectivity index (χ1v) is 21.6. The lowest BCUT2D eigenvalue weighted by atomic mass is 9.96. The molecule has 4 rings (SSSR count). The number of aliphatic hydroxyl groups excluding tert-OH is 1. The minimum absolute atomic E-state index is 0.115. The average molecular weight is 801 g/mol. The van der Waals surface area contributed by atoms with Gasteiger partial charge in [-0.2, -0.15) is 0 Å². The van der Waals surface area contributed by atoms with E-state index in [0.29, 0.717) is 13.2 Å². The third-order valence-corrected chi connectivity index (χ3v) is 10.5. The molecule has 1 unspecified atom stereocenters. The van der Waals surface area contributed by atoms with Crippen LogP contribution < -0.4 is 5.32 Å². The van der Waals surface area contributed by atoms with E-state index in [1.54, 1.807) is 0 Å². The van der Waals surface area contributed by atoms with Gasteiger partial charge >= 0.3 is 0 Å². The van der Waals surface area contributed by atoms with Crippen LogP contribution in [0, 0.1) is 5.92 Å². The van der Waals surface area contributed by atoms with Crippen molar-refractivity contribution in [2.45, 2.75) is 154 Å². The second kappa shape index (κ2) is 28.6. The molecule has 1 amide bonds. The number of benzene rings is 3. The highest BCUT2D eigenvalue weighted by Gasteiger charge is 2.48. The average Bonchev–Trinajstić information content (AvgIpc) is 3.24. The lowest BCUT2D eigenvalue weighted by Crippen LogP contribution is -2.60. The second-order valence-corrected chi connectivity index (χ2v) is 15.8. The molecule has 11 heteroatoms. The Bertz CT molecular complexity index is 1540. The van der Waals surface area contributed by atoms with E-state index in [1.807, 2.05) is 91.0 Å². The third-order valence-electron chi connectivity index (χ3n) is 10.5. The van der Waals surface area contributed by atoms with Gasteiger partial charge in [0.15, 0.2) is 12.4 Å². The molecule has 58 heavy (non-hydrogen) atoms. The summed E-state index contributed by atoms with van der Waals surface area (Å²) in [5.41, 5.74) is 12.6. The van der Waals surface area contributed by atoms with Gasteiger partial charge in [-0.05, 0) is 34.6 Å². The second-order valence-electron chi connectivity index (χ2n) is 15.8. The molecule has 318 valence electrons. The van der Waals surface area contributed by atoms with Gasteiger partial charge in [-0.25, -0.2) is 0 Å². The maximum Gasteiger partial charge on any atom is 0.251 e. The number of carbonyl (C=O) groups excluding carboxylic acids is 1. The molecule has 3 aromatic rings. The smallest absolute Gasteiger partial charge is 0.251 e. The number of nitrogens with zero attached hydrogens (tertiary/aromatic N) is 3. The standard InChI is InChI=1S/C47H68N4O7/c1-37(2)24-16-11-9-7-5-3-4-6-8-10-12-23-31-49-46(53)41(52)35-57-47-43(50-51-48)45(56-34-40-29-21-15-22-30-40)44(55-33-39-27-19-14-20-28-39)42(58-47)36-54-32-38-25-17-13-18-26-38/h13-15,17-22,25-30,37,41-45,47,52H,3-12,16,23-24,31-36H2,1-2H3,(H,49,53)/t41-,42-,43-,44-,45-,47?/m1/s1. The minimum atomic E-state index is -1.45. The topological polar surface area (TPSA) is 144 Å². The Labute approximate surface area is 346 Å². The Morgan fingerprint density at radius 1 is 0.707 bits per heavy atom. The lowest BCUT2D eigenvalue weighted by molar-refractivity contribution is -0.289. The van der Waals surface area contributed by atoms with Gasteiger partial charge in [-0.3, -0.25) is 4.79 Å². The zero-order chi connectivity index (χ0) is 41.0. The number of nitrogens with one attached hydrogen (secondary N) is 1. The van der Waals surface area contributed by atoms with Crippen LogP contribution in [0.2, 0.25) is 0 Å². The normalized spacial score (nSPS) is 19.8. The number of carbonyl (C=O) groups is 1. The number of hydrogen-bond acceptors (Lipinski definition) is 8. The summed E-state index contributed by atoms with van der Waals surface area (Å²) >= 11 is 0. The molecular weight excluding hydrogens is 733 g/mol. The molecule has 2 N–H and O–H groups in total. The fourth-order valence-electron chi connectivity index (χ4n) is 7.18. The highest BCUT2D eigenvalue weighted by molar-refractivity contribution is 5.80. The SMILES string of the molecule is CC(C)CCCCCCCCCCCCCCNC(=O)[C@H](O)COC1O[C@H](COCc2ccccc2)[C@@H](OCc2ccccc2)[C@H](OCc2ccccc2)[C@H]1N=[N+]=[N-]. The minimum Gasteiger partial charge on any atom is -0.381 e. The predicted octanol–water partition coefficient (Wildman–Crippen LogP) is 10.00. The van der Waals surface area contributed by atoms with Crippen molar-refractivity contribution < 1.29 is 33.6 Å². The molecule has 0 saturated carbocycles. The van der Waals surface area contributed by atoms with E-state index in [4.69, 9.17) is 23.7 Å². The molecule has 1 heterocycles. The third kappa shape index (κ3) is 18.4. The summed E-state index contributed by atoms with van der Waals surface area (Å²) < 4.78 is 31.7. The number of azide groups is 1. The van der Waals surface area contributed by atoms with Gasteiger partial charge in [0.2, 0.25) is 0 Å². The summed E-state index contributed by atoms with van der Waals surface area (Å²) in [4.78, 5) is 16.0. The molecule has 0 radical (unpaired) electrons. The van der Waals surface area contributed by atoms with Gasteiger partial charge < -0.3 is 34.1 Å². The summed E-state index contributed by atoms with van der Waals surface area (Å²) in [5, 5.41) is 17.7. The van der Waals surface area contributed by atoms with Crippen molar-refractivity contribution in [2.24, 2.45) is 11.0 Å². The first kappa shape index (κ1) is 46.9. The maximum atomic E-state index is 12.9. The highest BCUT2D eigenvalue weighted by atomic mass is 16.7. The Balaban J connectivity index is 1.28. The quantitative estimate of drug-likeness (QED) is 0.0296. The molecule has 0 aliphatic carbocycles. The number of ether oxygens (including phenoxy) is 5. The van der Waals surface area contributed by atoms with E-state index in [1.165, 1.54) is 64.2 Å². The molecule has 3 aromatic carbocycles. The molecule has 1 saturated heterocycles. The number of unbranched alkanes of at least 4 members (excludes halogenated alkanes) is 11. The van der Waals surface area contributed by atoms with E-state index in [2.05, 4.69) is 29.2 Å². The highest BCUT2D eigenvalue weighted by Crippen LogP contribution is 2.31. The lowest BCUT2D eigenvalue weighted by Gasteiger charge is -2.44. The van der Waals surface area contributed by atoms with E-state index >= 15 is 0 Å². The first-order valence-electron chi connectivity index (χ1n) is 21.6. The van der Waals surface area contributed by atoms with Crippen LogP contribution in [-0.2, 0) is 48.3 Å². The van der Waals surface area contributed by atoms with Crippen LogP contribution in [0.15, 0.2) is 96.1 Å². The zero-order valence-electron chi connectivity index (χ0n) is 34.9. The van der Waals surface area contributed by atoms with Crippen LogP contribution in [0.4, 0.5) is 0 Å². The van der Waals surface area contributed by atoms with E-state index in [0.717, 1.165) is 41.9 Å². The molecule has 1 aliphatic heterocycles. The number of aliphatic hydroxyl groups is 1. The Kier molecular flexibility index (Phi) is 23.1. The summed E-state index contributed by atoms with van der Waals surface area (Å²) in [6.07, 6.45) is 11.4. The molecule has 11 nitrogen and oxygen atoms in total. The predicted molar refractivity (Wildman–Crippen MR) is 228 cm³/mol. The van der Waals surface area contributed by atoms with Crippen molar-refractivity contribution in [1.29, 1.82) is 0 Å². The summed E-state index contributed by atoms with van der Waals surface area (Å²) in [5.74, 6) is 0.294. The van der Waals surface area contributed by atoms with Crippen molar-refractivity contribution in [2.75, 3.05) is 19.8 Å². The van der Waals surface area contributed by atoms with Crippen LogP contribution in [0.1, 0.15) is 114 Å². The van der Waals surface area contributed by atoms with Gasteiger partial charge in [0.05, 0.1) is 33.0 Å². The van der Waals surface area contributed by atoms with Gasteiger partial charge in [0, 0.05) is 11.5 Å². The molecule has 0 aromatic heterocycles. The first-order chi connectivity index (χ1) is 28.4. The van der Waals surface area contributed by atoms with E-state index in [-0.39, 0.29) is 26.4 Å². The van der Waals surface area contributed by atoms with Crippen LogP contribution >= 0.6 is 0 Å². The largest absolute Gasteiger partial charge is 0.381 e. The van der Waals surface area contributed by atoms with Crippen molar-refractivity contribution >= 4 is 5.91 Å². The molecular formula is C47H68N4O7. The van der Waals surface area contributed by atoms with Crippen LogP contribution in [0.5, 0.6) is 0 Å². The fraction of sp³-hybridized carbons (Fsp3) is 0.596. The number of hydrogen-bond donors (Lipinski definition) is 2. The van der Waals surface area contributed by atoms with Gasteiger partial charge in [-0.1, -0.05) is 187 Å². The fourth-order valence-corrected chi connectivity index (χ4v) is 7.18. The molecule has 0 bridgehead atoms. The van der Waals surface area contributed by atoms with Crippen molar-refractivity contribution in [3.63, 3.8) is 0 Å². The van der Waals surface area contributed by atoms with Crippen LogP contribution in [0.25, 0.3) is 10.4 Å². The van der Waals surface area contributed by atoms with Crippen LogP contribution in [0.3, 0.4) is 0 Å². The van der Waals surface area contributed by atoms with Crippen molar-refractivity contribution in [3.05, 3.63) is 118 Å². The van der Waals surface area contributed by atoms with Gasteiger partial charge in [0.25, 0.3) is 5.91 Å². The Morgan fingerprint density at radius 3 is 1.71 bits per heavy atom. The summed E-state index contributed by atoms with van der Waals surface area (Å²) in [7, 11) is 0. The van der Waals surface area contributed by atoms with Crippen LogP contribution in [-0.4, -0.2) is 67.5 Å². The van der Waals surface area contributed by atoms with E-state index < -0.39 is 42.7 Å². The molecule has 6 atom stereocenters. The zero-order valence-corrected chi connectivity index (χ0v) is 34.9. The van der Waals surface area contributed by atoms with Gasteiger partial charge in [0.1, 0.15) is 24.4 Å². The molecule has 0 spiro atoms. The maximum absolute atomic E-state index is 12.9. The molecule has 1 fully saturated rings. The monoisotopic (exact) mass is 801 g/mol. The summed E-state index contributed by atoms with van der Waals surface area (Å²) in [6, 6.07) is 28.2. The van der Waals surface area contributed by atoms with Crippen molar-refractivity contribution in [3.8, 4) is 0 Å². The number of amides is 1. The Morgan fingerprint density at radius 2 is 1.19 bits per heavy atom. The van der Waals surface area contributed by atoms with Gasteiger partial charge in [-0.15, -0.1) is 0 Å². The van der Waals surface area contributed by atoms with E-state index in [9.17, 15) is 15.4 Å².